The standard InChI is InChI=1S/C34H40ClN3O4S/c1-5-18-36(20-23-10-8-7-9-11-23)31(40)28-27-16-17-34(43-27)29(28)32(41)38(26(21-39)22(3)4)30(34)33(42)37(19-6-2)25-14-12-24(35)13-15-25/h5-15,22,26-30,39H,1-2,16-21H2,3-4H3/t26-,27-,28+,29-,30?,34?/m0/s1. The minimum absolute atomic E-state index is 0.0722. The van der Waals surface area contributed by atoms with Crippen molar-refractivity contribution in [2.24, 2.45) is 17.8 Å². The molecule has 9 heteroatoms. The average Bonchev–Trinajstić information content (AvgIpc) is 3.64. The van der Waals surface area contributed by atoms with Crippen LogP contribution in [0.3, 0.4) is 0 Å². The normalized spacial score (nSPS) is 26.3. The van der Waals surface area contributed by atoms with Gasteiger partial charge < -0.3 is 19.8 Å². The second-order valence-electron chi connectivity index (χ2n) is 12.0. The predicted octanol–water partition coefficient (Wildman–Crippen LogP) is 5.18. The molecule has 3 heterocycles. The minimum atomic E-state index is -0.838. The summed E-state index contributed by atoms with van der Waals surface area (Å²) in [6, 6.07) is 15.4. The number of anilines is 1. The van der Waals surface area contributed by atoms with Gasteiger partial charge in [0.25, 0.3) is 5.91 Å². The molecule has 0 radical (unpaired) electrons. The molecule has 5 rings (SSSR count). The van der Waals surface area contributed by atoms with E-state index in [9.17, 15) is 19.5 Å². The Kier molecular flexibility index (Phi) is 9.40. The first-order chi connectivity index (χ1) is 20.7. The van der Waals surface area contributed by atoms with Gasteiger partial charge in [-0.25, -0.2) is 0 Å². The Balaban J connectivity index is 1.57. The first-order valence-corrected chi connectivity index (χ1v) is 16.2. The summed E-state index contributed by atoms with van der Waals surface area (Å²) in [5.41, 5.74) is 1.65. The lowest BCUT2D eigenvalue weighted by Crippen LogP contribution is -2.58. The zero-order chi connectivity index (χ0) is 30.9. The highest BCUT2D eigenvalue weighted by atomic mass is 35.5. The summed E-state index contributed by atoms with van der Waals surface area (Å²) in [6.07, 6.45) is 4.76. The number of thioether (sulfide) groups is 1. The van der Waals surface area contributed by atoms with E-state index in [1.807, 2.05) is 44.2 Å². The van der Waals surface area contributed by atoms with Gasteiger partial charge in [0.2, 0.25) is 11.8 Å². The van der Waals surface area contributed by atoms with Crippen molar-refractivity contribution in [2.45, 2.75) is 55.3 Å². The molecule has 43 heavy (non-hydrogen) atoms. The van der Waals surface area contributed by atoms with E-state index in [1.165, 1.54) is 0 Å². The summed E-state index contributed by atoms with van der Waals surface area (Å²) in [5.74, 6) is -1.86. The van der Waals surface area contributed by atoms with E-state index in [2.05, 4.69) is 13.2 Å². The smallest absolute Gasteiger partial charge is 0.251 e. The van der Waals surface area contributed by atoms with Gasteiger partial charge in [-0.2, -0.15) is 0 Å². The van der Waals surface area contributed by atoms with Gasteiger partial charge >= 0.3 is 0 Å². The van der Waals surface area contributed by atoms with E-state index >= 15 is 0 Å². The topological polar surface area (TPSA) is 81.2 Å². The molecule has 6 atom stereocenters. The number of amides is 3. The second-order valence-corrected chi connectivity index (χ2v) is 14.0. The van der Waals surface area contributed by atoms with Crippen molar-refractivity contribution in [1.29, 1.82) is 0 Å². The third-order valence-electron chi connectivity index (χ3n) is 9.16. The number of nitrogens with zero attached hydrogens (tertiary/aromatic N) is 3. The molecule has 1 N–H and O–H groups in total. The monoisotopic (exact) mass is 621 g/mol. The van der Waals surface area contributed by atoms with Gasteiger partial charge in [0.1, 0.15) is 6.04 Å². The predicted molar refractivity (Wildman–Crippen MR) is 173 cm³/mol. The van der Waals surface area contributed by atoms with Crippen LogP contribution in [0.2, 0.25) is 5.02 Å². The quantitative estimate of drug-likeness (QED) is 0.330. The molecule has 2 bridgehead atoms. The molecule has 2 unspecified atom stereocenters. The fraction of sp³-hybridized carbons (Fsp3) is 0.441. The lowest BCUT2D eigenvalue weighted by molar-refractivity contribution is -0.146. The molecule has 0 aliphatic carbocycles. The Morgan fingerprint density at radius 3 is 2.37 bits per heavy atom. The van der Waals surface area contributed by atoms with Gasteiger partial charge in [-0.3, -0.25) is 14.4 Å². The maximum Gasteiger partial charge on any atom is 0.251 e. The van der Waals surface area contributed by atoms with Crippen LogP contribution in [0.1, 0.15) is 32.3 Å². The molecule has 0 aromatic heterocycles. The van der Waals surface area contributed by atoms with Crippen LogP contribution >= 0.6 is 23.4 Å². The van der Waals surface area contributed by atoms with Crippen molar-refractivity contribution in [3.8, 4) is 0 Å². The summed E-state index contributed by atoms with van der Waals surface area (Å²) in [5, 5.41) is 11.0. The molecule has 3 amide bonds. The maximum absolute atomic E-state index is 14.7. The average molecular weight is 622 g/mol. The summed E-state index contributed by atoms with van der Waals surface area (Å²) in [7, 11) is 0. The highest BCUT2D eigenvalue weighted by molar-refractivity contribution is 8.02. The summed E-state index contributed by atoms with van der Waals surface area (Å²) in [4.78, 5) is 48.8. The van der Waals surface area contributed by atoms with Crippen LogP contribution in [0.5, 0.6) is 0 Å². The third-order valence-corrected chi connectivity index (χ3v) is 11.4. The Labute approximate surface area is 263 Å². The number of hydrogen-bond donors (Lipinski definition) is 1. The van der Waals surface area contributed by atoms with E-state index in [4.69, 9.17) is 11.6 Å². The largest absolute Gasteiger partial charge is 0.394 e. The number of halogens is 1. The van der Waals surface area contributed by atoms with E-state index in [-0.39, 0.29) is 42.0 Å². The van der Waals surface area contributed by atoms with Crippen LogP contribution in [-0.2, 0) is 20.9 Å². The van der Waals surface area contributed by atoms with Crippen LogP contribution in [0.15, 0.2) is 79.9 Å². The zero-order valence-corrected chi connectivity index (χ0v) is 26.3. The first-order valence-electron chi connectivity index (χ1n) is 14.9. The van der Waals surface area contributed by atoms with Gasteiger partial charge in [-0.1, -0.05) is 67.9 Å². The Hall–Kier alpha value is -3.07. The lowest BCUT2D eigenvalue weighted by Gasteiger charge is -2.40. The Morgan fingerprint density at radius 1 is 1.09 bits per heavy atom. The molecular formula is C34H40ClN3O4S. The number of aliphatic hydroxyl groups excluding tert-OH is 1. The van der Waals surface area contributed by atoms with E-state index in [0.29, 0.717) is 30.2 Å². The zero-order valence-electron chi connectivity index (χ0n) is 24.8. The fourth-order valence-corrected chi connectivity index (χ4v) is 9.57. The highest BCUT2D eigenvalue weighted by Crippen LogP contribution is 2.67. The molecule has 3 aliphatic rings. The number of aliphatic hydroxyl groups is 1. The molecule has 2 aromatic carbocycles. The molecule has 3 saturated heterocycles. The van der Waals surface area contributed by atoms with Crippen LogP contribution < -0.4 is 4.90 Å². The van der Waals surface area contributed by atoms with Crippen LogP contribution in [-0.4, -0.2) is 74.4 Å². The fourth-order valence-electron chi connectivity index (χ4n) is 7.25. The summed E-state index contributed by atoms with van der Waals surface area (Å²) in [6.45, 7) is 12.4. The molecular weight excluding hydrogens is 582 g/mol. The van der Waals surface area contributed by atoms with E-state index in [0.717, 1.165) is 12.0 Å². The van der Waals surface area contributed by atoms with Gasteiger partial charge in [-0.15, -0.1) is 24.9 Å². The first kappa shape index (κ1) is 31.4. The van der Waals surface area contributed by atoms with Gasteiger partial charge in [0, 0.05) is 35.6 Å². The molecule has 1 spiro atoms. The molecule has 0 saturated carbocycles. The van der Waals surface area contributed by atoms with Crippen molar-refractivity contribution >= 4 is 46.8 Å². The second kappa shape index (κ2) is 12.9. The maximum atomic E-state index is 14.7. The highest BCUT2D eigenvalue weighted by Gasteiger charge is 2.74. The molecule has 228 valence electrons. The van der Waals surface area contributed by atoms with Gasteiger partial charge in [0.05, 0.1) is 29.2 Å². The van der Waals surface area contributed by atoms with E-state index in [1.54, 1.807) is 62.9 Å². The number of rotatable bonds is 12. The molecule has 7 nitrogen and oxygen atoms in total. The van der Waals surface area contributed by atoms with Gasteiger partial charge in [-0.05, 0) is 48.6 Å². The van der Waals surface area contributed by atoms with Crippen LogP contribution in [0, 0.1) is 17.8 Å². The molecule has 2 aromatic rings. The number of fused-ring (bicyclic) bond motifs is 1. The number of carbonyl (C=O) groups is 3. The number of carbonyl (C=O) groups excluding carboxylic acids is 3. The van der Waals surface area contributed by atoms with Crippen LogP contribution in [0.4, 0.5) is 5.69 Å². The molecule has 3 fully saturated rings. The van der Waals surface area contributed by atoms with Crippen molar-refractivity contribution in [3.05, 3.63) is 90.5 Å². The SMILES string of the molecule is C=CCN(Cc1ccccc1)C(=O)[C@@H]1[C@@H]2CCC3(S2)C(C(=O)N(CC=C)c2ccc(Cl)cc2)N([C@@H](CO)C(C)C)C(=O)[C@H]13. The number of hydrogen-bond acceptors (Lipinski definition) is 5. The molecule has 3 aliphatic heterocycles. The van der Waals surface area contributed by atoms with E-state index < -0.39 is 28.7 Å². The van der Waals surface area contributed by atoms with Gasteiger partial charge in [0.15, 0.2) is 0 Å². The Bertz CT molecular complexity index is 1370. The summed E-state index contributed by atoms with van der Waals surface area (Å²) >= 11 is 7.79. The van der Waals surface area contributed by atoms with Crippen molar-refractivity contribution < 1.29 is 19.5 Å². The lowest BCUT2D eigenvalue weighted by atomic mass is 9.70. The van der Waals surface area contributed by atoms with Crippen LogP contribution in [0.25, 0.3) is 0 Å². The van der Waals surface area contributed by atoms with Crippen molar-refractivity contribution in [1.82, 2.24) is 9.80 Å². The Morgan fingerprint density at radius 2 is 1.77 bits per heavy atom. The number of benzene rings is 2. The minimum Gasteiger partial charge on any atom is -0.394 e. The van der Waals surface area contributed by atoms with Crippen molar-refractivity contribution in [2.75, 3.05) is 24.6 Å². The number of likely N-dealkylation sites (tertiary alicyclic amines) is 1. The summed E-state index contributed by atoms with van der Waals surface area (Å²) < 4.78 is -0.778. The van der Waals surface area contributed by atoms with Crippen molar-refractivity contribution in [3.63, 3.8) is 0 Å². The third kappa shape index (κ3) is 5.54.